The number of nitrogens with zero attached hydrogens (tertiary/aromatic N) is 1. The summed E-state index contributed by atoms with van der Waals surface area (Å²) in [4.78, 5) is 59.7. The summed E-state index contributed by atoms with van der Waals surface area (Å²) in [6.45, 7) is 1.93. The van der Waals surface area contributed by atoms with Crippen LogP contribution in [0.3, 0.4) is 0 Å². The van der Waals surface area contributed by atoms with Crippen LogP contribution in [0.15, 0.2) is 29.5 Å². The lowest BCUT2D eigenvalue weighted by molar-refractivity contribution is -0.148. The number of ether oxygens (including phenoxy) is 3. The Hall–Kier alpha value is -3.38. The van der Waals surface area contributed by atoms with Gasteiger partial charge in [-0.15, -0.1) is 11.8 Å². The molecule has 1 saturated heterocycles. The normalized spacial score (nSPS) is 19.8. The number of benzene rings is 1. The number of carboxylic acids is 1. The summed E-state index contributed by atoms with van der Waals surface area (Å²) < 4.78 is 15.1. The number of β-lactam (4-membered cyclic amide) rings is 1. The first-order chi connectivity index (χ1) is 14.6. The van der Waals surface area contributed by atoms with Crippen molar-refractivity contribution in [3.63, 3.8) is 0 Å². The van der Waals surface area contributed by atoms with Crippen LogP contribution >= 0.6 is 11.8 Å². The number of aliphatic carboxylic acids is 1. The average Bonchev–Trinajstić information content (AvgIpc) is 2.70. The highest BCUT2D eigenvalue weighted by molar-refractivity contribution is 8.00. The fourth-order valence-corrected chi connectivity index (χ4v) is 4.31. The maximum atomic E-state index is 12.5. The van der Waals surface area contributed by atoms with Crippen molar-refractivity contribution in [2.45, 2.75) is 25.3 Å². The lowest BCUT2D eigenvalue weighted by atomic mass is 10.0. The Bertz CT molecular complexity index is 1020. The molecule has 3 rings (SSSR count). The van der Waals surface area contributed by atoms with E-state index in [9.17, 15) is 29.1 Å². The number of carbonyl (C=O) groups is 5. The molecule has 0 aromatic heterocycles. The van der Waals surface area contributed by atoms with E-state index in [4.69, 9.17) is 19.9 Å². The molecule has 12 heteroatoms. The molecule has 2 heterocycles. The number of hydrogen-bond acceptors (Lipinski definition) is 10. The van der Waals surface area contributed by atoms with Crippen molar-refractivity contribution in [1.29, 1.82) is 0 Å². The molecule has 0 spiro atoms. The summed E-state index contributed by atoms with van der Waals surface area (Å²) in [6, 6.07) is 2.96. The van der Waals surface area contributed by atoms with Gasteiger partial charge in [0.05, 0.1) is 5.56 Å². The molecule has 1 unspecified atom stereocenters. The highest BCUT2D eigenvalue weighted by Crippen LogP contribution is 2.39. The van der Waals surface area contributed by atoms with Crippen molar-refractivity contribution in [3.05, 3.63) is 35.0 Å². The molecule has 2 aliphatic heterocycles. The molecular weight excluding hydrogens is 432 g/mol. The van der Waals surface area contributed by atoms with Crippen LogP contribution in [0.25, 0.3) is 0 Å². The van der Waals surface area contributed by atoms with E-state index in [1.807, 2.05) is 0 Å². The first kappa shape index (κ1) is 22.3. The molecule has 0 radical (unpaired) electrons. The van der Waals surface area contributed by atoms with Crippen LogP contribution in [0.5, 0.6) is 11.5 Å². The van der Waals surface area contributed by atoms with Crippen molar-refractivity contribution in [2.24, 2.45) is 5.73 Å². The maximum absolute atomic E-state index is 12.5. The summed E-state index contributed by atoms with van der Waals surface area (Å²) >= 11 is 1.28. The Morgan fingerprint density at radius 2 is 1.81 bits per heavy atom. The minimum Gasteiger partial charge on any atom is -0.477 e. The lowest BCUT2D eigenvalue weighted by Crippen LogP contribution is -2.68. The maximum Gasteiger partial charge on any atom is 0.352 e. The van der Waals surface area contributed by atoms with Gasteiger partial charge in [-0.25, -0.2) is 9.59 Å². The number of thioether (sulfide) groups is 1. The van der Waals surface area contributed by atoms with Gasteiger partial charge in [-0.2, -0.15) is 0 Å². The molecule has 3 N–H and O–H groups in total. The molecule has 164 valence electrons. The molecule has 0 bridgehead atoms. The zero-order valence-corrected chi connectivity index (χ0v) is 17.3. The Labute approximate surface area is 180 Å². The van der Waals surface area contributed by atoms with Crippen LogP contribution in [-0.2, 0) is 23.9 Å². The van der Waals surface area contributed by atoms with Gasteiger partial charge in [-0.3, -0.25) is 19.3 Å². The first-order valence-electron chi connectivity index (χ1n) is 8.93. The summed E-state index contributed by atoms with van der Waals surface area (Å²) in [5, 5.41) is 9.05. The molecule has 1 aromatic rings. The fourth-order valence-electron chi connectivity index (χ4n) is 3.04. The van der Waals surface area contributed by atoms with E-state index < -0.39 is 41.2 Å². The van der Waals surface area contributed by atoms with Gasteiger partial charge in [0.1, 0.15) is 23.7 Å². The van der Waals surface area contributed by atoms with Crippen molar-refractivity contribution >= 4 is 41.5 Å². The van der Waals surface area contributed by atoms with E-state index in [0.29, 0.717) is 0 Å². The smallest absolute Gasteiger partial charge is 0.352 e. The standard InChI is InChI=1S/C19H18N2O9S/c1-8(22)29-12-4-3-10(5-13(12)30-9(2)23)19(27)28-6-11-7-31-17-14(20)16(24)21(17)15(11)18(25)26/h3-5,14,17H,6-7,20H2,1-2H3,(H,25,26)/t14?,17-/m1/s1. The van der Waals surface area contributed by atoms with E-state index in [-0.39, 0.29) is 40.7 Å². The van der Waals surface area contributed by atoms with Crippen molar-refractivity contribution in [1.82, 2.24) is 4.90 Å². The Balaban J connectivity index is 1.78. The van der Waals surface area contributed by atoms with E-state index in [1.54, 1.807) is 0 Å². The number of hydrogen-bond donors (Lipinski definition) is 2. The average molecular weight is 450 g/mol. The molecule has 11 nitrogen and oxygen atoms in total. The van der Waals surface area contributed by atoms with E-state index in [1.165, 1.54) is 23.9 Å². The number of amides is 1. The lowest BCUT2D eigenvalue weighted by Gasteiger charge is -2.47. The highest BCUT2D eigenvalue weighted by Gasteiger charge is 2.51. The van der Waals surface area contributed by atoms with Gasteiger partial charge in [-0.05, 0) is 18.2 Å². The van der Waals surface area contributed by atoms with Gasteiger partial charge in [0.25, 0.3) is 0 Å². The molecule has 1 fully saturated rings. The van der Waals surface area contributed by atoms with Crippen LogP contribution in [0.1, 0.15) is 24.2 Å². The second kappa shape index (κ2) is 8.78. The Kier molecular flexibility index (Phi) is 6.32. The third kappa shape index (κ3) is 4.54. The summed E-state index contributed by atoms with van der Waals surface area (Å²) in [5.41, 5.74) is 5.68. The van der Waals surface area contributed by atoms with Gasteiger partial charge < -0.3 is 25.1 Å². The quantitative estimate of drug-likeness (QED) is 0.347. The molecule has 2 aliphatic rings. The number of carbonyl (C=O) groups excluding carboxylic acids is 4. The van der Waals surface area contributed by atoms with Gasteiger partial charge in [0, 0.05) is 25.2 Å². The van der Waals surface area contributed by atoms with Crippen molar-refractivity contribution in [3.8, 4) is 11.5 Å². The van der Waals surface area contributed by atoms with E-state index in [0.717, 1.165) is 24.8 Å². The minimum atomic E-state index is -1.32. The van der Waals surface area contributed by atoms with Gasteiger partial charge in [0.15, 0.2) is 11.5 Å². The first-order valence-corrected chi connectivity index (χ1v) is 9.98. The highest BCUT2D eigenvalue weighted by atomic mass is 32.2. The molecule has 1 amide bonds. The number of fused-ring (bicyclic) bond motifs is 1. The third-order valence-electron chi connectivity index (χ3n) is 4.36. The summed E-state index contributed by atoms with van der Waals surface area (Å²) in [6.07, 6.45) is 0. The monoisotopic (exact) mass is 450 g/mol. The van der Waals surface area contributed by atoms with Gasteiger partial charge in [-0.1, -0.05) is 0 Å². The van der Waals surface area contributed by atoms with Crippen molar-refractivity contribution in [2.75, 3.05) is 12.4 Å². The molecule has 2 atom stereocenters. The number of esters is 3. The molecule has 31 heavy (non-hydrogen) atoms. The Morgan fingerprint density at radius 1 is 1.16 bits per heavy atom. The van der Waals surface area contributed by atoms with Gasteiger partial charge in [0.2, 0.25) is 5.91 Å². The SMILES string of the molecule is CC(=O)Oc1ccc(C(=O)OCC2=C(C(=O)O)N3C(=O)C(N)[C@H]3SC2)cc1OC(C)=O. The van der Waals surface area contributed by atoms with Gasteiger partial charge >= 0.3 is 23.9 Å². The Morgan fingerprint density at radius 3 is 2.42 bits per heavy atom. The van der Waals surface area contributed by atoms with Crippen LogP contribution in [0.4, 0.5) is 0 Å². The summed E-state index contributed by atoms with van der Waals surface area (Å²) in [7, 11) is 0. The number of carboxylic acid groups (broad SMARTS) is 1. The topological polar surface area (TPSA) is 163 Å². The molecule has 0 saturated carbocycles. The van der Waals surface area contributed by atoms with Crippen LogP contribution in [0.2, 0.25) is 0 Å². The second-order valence-corrected chi connectivity index (χ2v) is 7.72. The third-order valence-corrected chi connectivity index (χ3v) is 5.72. The predicted molar refractivity (Wildman–Crippen MR) is 105 cm³/mol. The van der Waals surface area contributed by atoms with E-state index in [2.05, 4.69) is 0 Å². The number of nitrogens with two attached hydrogens (primary N) is 1. The second-order valence-electron chi connectivity index (χ2n) is 6.62. The van der Waals surface area contributed by atoms with Crippen LogP contribution < -0.4 is 15.2 Å². The zero-order chi connectivity index (χ0) is 22.9. The minimum absolute atomic E-state index is 0.0204. The fraction of sp³-hybridized carbons (Fsp3) is 0.316. The largest absolute Gasteiger partial charge is 0.477 e. The number of rotatable bonds is 6. The van der Waals surface area contributed by atoms with Crippen LogP contribution in [-0.4, -0.2) is 63.6 Å². The van der Waals surface area contributed by atoms with Crippen LogP contribution in [0, 0.1) is 0 Å². The molecule has 0 aliphatic carbocycles. The zero-order valence-electron chi connectivity index (χ0n) is 16.4. The predicted octanol–water partition coefficient (Wildman–Crippen LogP) is 0.275. The molecular formula is C19H18N2O9S. The van der Waals surface area contributed by atoms with E-state index >= 15 is 0 Å². The summed E-state index contributed by atoms with van der Waals surface area (Å²) in [5.74, 6) is -3.99. The molecule has 1 aromatic carbocycles. The van der Waals surface area contributed by atoms with Crippen molar-refractivity contribution < 1.29 is 43.3 Å².